The number of amides is 11. The molecule has 6 rings (SSSR count). The first-order valence-electron chi connectivity index (χ1n) is 27.1. The van der Waals surface area contributed by atoms with Crippen molar-refractivity contribution in [3.8, 4) is 5.75 Å². The van der Waals surface area contributed by atoms with Crippen molar-refractivity contribution in [1.82, 2.24) is 51.6 Å². The molecule has 5 heterocycles. The maximum atomic E-state index is 15.2. The summed E-state index contributed by atoms with van der Waals surface area (Å²) >= 11 is -0.950. The summed E-state index contributed by atoms with van der Waals surface area (Å²) in [6.45, 7) is 2.05. The summed E-state index contributed by atoms with van der Waals surface area (Å²) in [4.78, 5) is 154. The zero-order valence-electron chi connectivity index (χ0n) is 46.4. The van der Waals surface area contributed by atoms with Gasteiger partial charge in [-0.3, -0.25) is 57.6 Å². The van der Waals surface area contributed by atoms with E-state index < -0.39 is 182 Å². The van der Waals surface area contributed by atoms with Crippen molar-refractivity contribution < 1.29 is 82.5 Å². The Morgan fingerprint density at radius 2 is 1.69 bits per heavy atom. The topological polar surface area (TPSA) is 451 Å². The number of methoxy groups -OCH3 is 1. The lowest BCUT2D eigenvalue weighted by atomic mass is 9.94. The number of H-pyrrole nitrogens is 1. The highest BCUT2D eigenvalue weighted by Crippen LogP contribution is 2.38. The Balaban J connectivity index is 1.40. The van der Waals surface area contributed by atoms with Crippen LogP contribution in [0.25, 0.3) is 10.9 Å². The molecule has 2 aromatic rings. The first-order valence-corrected chi connectivity index (χ1v) is 29.5. The normalized spacial score (nSPS) is 25.1. The summed E-state index contributed by atoms with van der Waals surface area (Å²) in [7, 11) is 1.43. The second-order valence-corrected chi connectivity index (χ2v) is 23.6. The molecule has 15 N–H and O–H groups in total. The number of carbonyl (C=O) groups excluding carboxylic acids is 11. The van der Waals surface area contributed by atoms with Gasteiger partial charge in [-0.1, -0.05) is 27.2 Å². The Kier molecular flexibility index (Phi) is 23.3. The summed E-state index contributed by atoms with van der Waals surface area (Å²) in [5, 5.41) is 57.7. The number of hydrogen-bond donors (Lipinski definition) is 13. The molecule has 456 valence electrons. The molecule has 0 bridgehead atoms. The summed E-state index contributed by atoms with van der Waals surface area (Å²) < 4.78 is 21.1. The van der Waals surface area contributed by atoms with Crippen molar-refractivity contribution in [3.63, 3.8) is 0 Å². The average Bonchev–Trinajstić information content (AvgIpc) is 2.66. The molecule has 0 spiro atoms. The van der Waals surface area contributed by atoms with Gasteiger partial charge in [0.2, 0.25) is 58.2 Å². The monoisotopic (exact) mass is 1200 g/mol. The number of fused-ring (bicyclic) bond motifs is 4. The lowest BCUT2D eigenvalue weighted by Crippen LogP contribution is -2.61. The van der Waals surface area contributed by atoms with E-state index in [0.29, 0.717) is 48.1 Å². The van der Waals surface area contributed by atoms with Crippen molar-refractivity contribution in [2.45, 2.75) is 124 Å². The zero-order chi connectivity index (χ0) is 61.0. The van der Waals surface area contributed by atoms with Gasteiger partial charge in [0.25, 0.3) is 11.8 Å². The minimum Gasteiger partial charge on any atom is -0.610 e. The Hall–Kier alpha value is -6.87. The largest absolute Gasteiger partial charge is 0.610 e. The molecule has 31 heteroatoms. The summed E-state index contributed by atoms with van der Waals surface area (Å²) in [6, 6.07) is -6.13. The Labute approximate surface area is 484 Å². The standard InChI is InChI=1S/C52H74N12O17S2/c1-5-25(2)44(59-39(70)17-53)49(77)55-18-40(71)57-34-24-83(80)51-31(30-6-7-37(81-4)32(46(30)61-51)23-82-29-10-12-62(20-29)41(72)11-13-63-42(73)8-9-43(63)74)14-27(21-65)56-50(78)45(26(3)36(68)22-66)60-48(76)35-15-28(67)19-64(35)52(79)33(16-38(54)69)58-47(34)75/h6-9,25-29,33-36,44-45,61,65-68H,5,10-24,53H2,1-4H3,(H2,54,69)(H,55,77)(H,56,78)(H,57,71)(H,58,75)(H,59,70)(H,60,76)/t25-,26-,27-,28+,29+,33-,34-,35-,36-,44-,45-,83?/m0/s1. The predicted molar refractivity (Wildman–Crippen MR) is 297 cm³/mol. The van der Waals surface area contributed by atoms with Crippen LogP contribution in [-0.4, -0.2) is 229 Å². The number of nitrogens with two attached hydrogens (primary N) is 2. The van der Waals surface area contributed by atoms with Crippen LogP contribution in [0.4, 0.5) is 0 Å². The minimum atomic E-state index is -2.42. The number of thioether (sulfide) groups is 1. The molecular formula is C52H74N12O17S2. The van der Waals surface area contributed by atoms with E-state index in [1.165, 1.54) is 25.8 Å². The van der Waals surface area contributed by atoms with E-state index in [2.05, 4.69) is 36.9 Å². The molecule has 2 saturated heterocycles. The summed E-state index contributed by atoms with van der Waals surface area (Å²) in [5.74, 6) is -11.0. The summed E-state index contributed by atoms with van der Waals surface area (Å²) in [6.07, 6.45) is -1.36. The van der Waals surface area contributed by atoms with E-state index in [-0.39, 0.29) is 46.9 Å². The van der Waals surface area contributed by atoms with E-state index in [0.717, 1.165) is 22.0 Å². The van der Waals surface area contributed by atoms with Crippen LogP contribution < -0.4 is 48.1 Å². The van der Waals surface area contributed by atoms with E-state index in [9.17, 15) is 73.2 Å². The number of aliphatic hydroxyl groups excluding tert-OH is 4. The highest BCUT2D eigenvalue weighted by molar-refractivity contribution is 7.99. The zero-order valence-corrected chi connectivity index (χ0v) is 48.0. The van der Waals surface area contributed by atoms with Gasteiger partial charge in [0.05, 0.1) is 63.6 Å². The van der Waals surface area contributed by atoms with Crippen LogP contribution in [0.15, 0.2) is 29.3 Å². The molecule has 1 aromatic heterocycles. The minimum absolute atomic E-state index is 0.0721. The number of ether oxygens (including phenoxy) is 1. The molecule has 11 amide bonds. The molecule has 1 unspecified atom stereocenters. The molecule has 29 nitrogen and oxygen atoms in total. The molecule has 83 heavy (non-hydrogen) atoms. The van der Waals surface area contributed by atoms with Gasteiger partial charge in [-0.15, -0.1) is 0 Å². The molecule has 12 atom stereocenters. The third-order valence-corrected chi connectivity index (χ3v) is 17.9. The fraction of sp³-hybridized carbons (Fsp3) is 0.596. The Morgan fingerprint density at radius 3 is 2.33 bits per heavy atom. The highest BCUT2D eigenvalue weighted by atomic mass is 32.2. The van der Waals surface area contributed by atoms with Gasteiger partial charge in [-0.2, -0.15) is 11.8 Å². The fourth-order valence-electron chi connectivity index (χ4n) is 10.2. The smallest absolute Gasteiger partial charge is 0.253 e. The number of primary amides is 1. The quantitative estimate of drug-likeness (QED) is 0.0409. The number of rotatable bonds is 21. The van der Waals surface area contributed by atoms with E-state index >= 15 is 4.55 Å². The maximum absolute atomic E-state index is 15.2. The Morgan fingerprint density at radius 1 is 0.976 bits per heavy atom. The molecular weight excluding hydrogens is 1130 g/mol. The van der Waals surface area contributed by atoms with Gasteiger partial charge in [0, 0.05) is 102 Å². The van der Waals surface area contributed by atoms with Gasteiger partial charge in [-0.05, 0) is 24.5 Å². The lowest BCUT2D eigenvalue weighted by Gasteiger charge is -2.32. The number of carbonyl (C=O) groups is 11. The predicted octanol–water partition coefficient (Wildman–Crippen LogP) is -5.65. The number of aromatic amines is 1. The molecule has 0 saturated carbocycles. The number of nitrogens with zero attached hydrogens (tertiary/aromatic N) is 3. The fourth-order valence-corrected chi connectivity index (χ4v) is 12.8. The van der Waals surface area contributed by atoms with Gasteiger partial charge < -0.3 is 87.9 Å². The SMILES string of the molecule is CC[C@H](C)[C@H](NC(=O)CN)C(=O)NCC(=O)N[C@H]1C[S+]([O-])c2[nH]c3c(CS[C@@H]4CCN(C(=O)CCN5C(=O)C=CC5=O)C4)c(OC)ccc3c2C[C@@H](CO)NC(=O)[C@H]([C@@H](C)[C@@H](O)CO)NC(=O)[C@@H]2C[C@@H](O)CN2C(=O)[C@H](CC(N)=O)NC1=O. The third-order valence-electron chi connectivity index (χ3n) is 15.2. The first-order chi connectivity index (χ1) is 39.4. The van der Waals surface area contributed by atoms with Crippen LogP contribution in [0.1, 0.15) is 64.0 Å². The molecule has 4 aliphatic rings. The van der Waals surface area contributed by atoms with Gasteiger partial charge >= 0.3 is 0 Å². The van der Waals surface area contributed by atoms with Crippen LogP contribution in [0.3, 0.4) is 0 Å². The first kappa shape index (κ1) is 65.3. The van der Waals surface area contributed by atoms with Crippen LogP contribution in [-0.2, 0) is 76.1 Å². The van der Waals surface area contributed by atoms with Crippen molar-refractivity contribution in [2.75, 3.05) is 65.3 Å². The van der Waals surface area contributed by atoms with Crippen LogP contribution in [0.2, 0.25) is 0 Å². The third kappa shape index (κ3) is 16.3. The number of imide groups is 1. The second kappa shape index (κ2) is 29.6. The number of nitrogens with one attached hydrogen (secondary N) is 7. The van der Waals surface area contributed by atoms with E-state index in [4.69, 9.17) is 16.2 Å². The number of hydrogen-bond acceptors (Lipinski definition) is 19. The van der Waals surface area contributed by atoms with Gasteiger partial charge in [0.1, 0.15) is 35.7 Å². The summed E-state index contributed by atoms with van der Waals surface area (Å²) in [5.41, 5.74) is 12.2. The van der Waals surface area contributed by atoms with E-state index in [1.54, 1.807) is 30.9 Å². The average molecular weight is 1200 g/mol. The molecule has 1 aromatic carbocycles. The van der Waals surface area contributed by atoms with Crippen molar-refractivity contribution in [1.29, 1.82) is 0 Å². The van der Waals surface area contributed by atoms with Gasteiger partial charge in [0.15, 0.2) is 6.04 Å². The van der Waals surface area contributed by atoms with Crippen molar-refractivity contribution in [3.05, 3.63) is 35.4 Å². The molecule has 0 aliphatic carbocycles. The number of likely N-dealkylation sites (tertiary alicyclic amines) is 1. The molecule has 2 fully saturated rings. The number of benzene rings is 1. The van der Waals surface area contributed by atoms with Crippen LogP contribution >= 0.6 is 11.8 Å². The van der Waals surface area contributed by atoms with Crippen molar-refractivity contribution >= 4 is 98.8 Å². The van der Waals surface area contributed by atoms with Crippen molar-refractivity contribution in [2.24, 2.45) is 23.3 Å². The van der Waals surface area contributed by atoms with Gasteiger partial charge in [-0.25, -0.2) is 0 Å². The van der Waals surface area contributed by atoms with Crippen LogP contribution in [0, 0.1) is 11.8 Å². The maximum Gasteiger partial charge on any atom is 0.253 e. The molecule has 0 radical (unpaired) electrons. The number of aliphatic hydroxyl groups is 4. The second-order valence-electron chi connectivity index (χ2n) is 20.9. The lowest BCUT2D eigenvalue weighted by molar-refractivity contribution is -0.144. The van der Waals surface area contributed by atoms with Crippen LogP contribution in [0.5, 0.6) is 5.75 Å². The highest BCUT2D eigenvalue weighted by Gasteiger charge is 2.45. The molecule has 4 aliphatic heterocycles. The Bertz CT molecular complexity index is 2800. The number of aromatic nitrogens is 1. The van der Waals surface area contributed by atoms with E-state index in [1.807, 2.05) is 0 Å².